The Morgan fingerprint density at radius 2 is 1.86 bits per heavy atom. The lowest BCUT2D eigenvalue weighted by atomic mass is 10.1. The molecule has 0 saturated carbocycles. The molecule has 0 bridgehead atoms. The molecule has 1 N–H and O–H groups in total. The van der Waals surface area contributed by atoms with Crippen LogP contribution < -0.4 is 5.32 Å². The van der Waals surface area contributed by atoms with Crippen LogP contribution in [0.1, 0.15) is 27.0 Å². The molecule has 0 unspecified atom stereocenters. The SMILES string of the molecule is Cc1ccc(Cn2ncc3ccc(C(=O)NCc4cccc(F)c4)cc32)cc1. The molecule has 0 saturated heterocycles. The van der Waals surface area contributed by atoms with Crippen molar-refractivity contribution in [3.63, 3.8) is 0 Å². The smallest absolute Gasteiger partial charge is 0.251 e. The summed E-state index contributed by atoms with van der Waals surface area (Å²) in [6.07, 6.45) is 1.80. The number of nitrogens with one attached hydrogen (secondary N) is 1. The van der Waals surface area contributed by atoms with E-state index in [4.69, 9.17) is 0 Å². The molecule has 140 valence electrons. The Kier molecular flexibility index (Phi) is 4.89. The van der Waals surface area contributed by atoms with Gasteiger partial charge in [-0.3, -0.25) is 9.48 Å². The number of benzene rings is 3. The van der Waals surface area contributed by atoms with Gasteiger partial charge in [0, 0.05) is 17.5 Å². The second kappa shape index (κ2) is 7.64. The third-order valence-electron chi connectivity index (χ3n) is 4.70. The highest BCUT2D eigenvalue weighted by Crippen LogP contribution is 2.18. The Labute approximate surface area is 162 Å². The minimum absolute atomic E-state index is 0.200. The van der Waals surface area contributed by atoms with Crippen LogP contribution in [-0.4, -0.2) is 15.7 Å². The average molecular weight is 373 g/mol. The van der Waals surface area contributed by atoms with Gasteiger partial charge < -0.3 is 5.32 Å². The molecule has 0 fully saturated rings. The van der Waals surface area contributed by atoms with Gasteiger partial charge in [-0.15, -0.1) is 0 Å². The Hall–Kier alpha value is -3.47. The van der Waals surface area contributed by atoms with Gasteiger partial charge in [0.15, 0.2) is 0 Å². The summed E-state index contributed by atoms with van der Waals surface area (Å²) in [5.41, 5.74) is 4.54. The van der Waals surface area contributed by atoms with Crippen molar-refractivity contribution < 1.29 is 9.18 Å². The molecule has 5 heteroatoms. The summed E-state index contributed by atoms with van der Waals surface area (Å²) in [4.78, 5) is 12.5. The summed E-state index contributed by atoms with van der Waals surface area (Å²) in [5, 5.41) is 8.28. The molecule has 0 aliphatic rings. The summed E-state index contributed by atoms with van der Waals surface area (Å²) in [6, 6.07) is 20.0. The zero-order valence-electron chi connectivity index (χ0n) is 15.5. The van der Waals surface area contributed by atoms with Crippen LogP contribution in [0.25, 0.3) is 10.9 Å². The fourth-order valence-electron chi connectivity index (χ4n) is 3.14. The Balaban J connectivity index is 1.53. The highest BCUT2D eigenvalue weighted by atomic mass is 19.1. The molecule has 0 aliphatic carbocycles. The zero-order valence-corrected chi connectivity index (χ0v) is 15.5. The molecule has 3 aromatic carbocycles. The number of nitrogens with zero attached hydrogens (tertiary/aromatic N) is 2. The Bertz CT molecular complexity index is 1130. The van der Waals surface area contributed by atoms with E-state index >= 15 is 0 Å². The van der Waals surface area contributed by atoms with E-state index in [0.717, 1.165) is 22.0 Å². The lowest BCUT2D eigenvalue weighted by molar-refractivity contribution is 0.0951. The van der Waals surface area contributed by atoms with E-state index in [2.05, 4.69) is 41.6 Å². The van der Waals surface area contributed by atoms with Crippen molar-refractivity contribution in [3.05, 3.63) is 101 Å². The van der Waals surface area contributed by atoms with Gasteiger partial charge in [-0.05, 0) is 42.3 Å². The van der Waals surface area contributed by atoms with Crippen molar-refractivity contribution in [3.8, 4) is 0 Å². The maximum Gasteiger partial charge on any atom is 0.251 e. The molecule has 1 aromatic heterocycles. The van der Waals surface area contributed by atoms with Gasteiger partial charge in [0.05, 0.1) is 18.3 Å². The predicted molar refractivity (Wildman–Crippen MR) is 108 cm³/mol. The van der Waals surface area contributed by atoms with Crippen LogP contribution in [0.2, 0.25) is 0 Å². The Morgan fingerprint density at radius 1 is 1.04 bits per heavy atom. The number of carbonyl (C=O) groups excluding carboxylic acids is 1. The highest BCUT2D eigenvalue weighted by Gasteiger charge is 2.10. The first kappa shape index (κ1) is 17.9. The third-order valence-corrected chi connectivity index (χ3v) is 4.70. The first-order valence-corrected chi connectivity index (χ1v) is 9.12. The maximum atomic E-state index is 13.3. The summed E-state index contributed by atoms with van der Waals surface area (Å²) >= 11 is 0. The first-order chi connectivity index (χ1) is 13.6. The zero-order chi connectivity index (χ0) is 19.5. The highest BCUT2D eigenvalue weighted by molar-refractivity contribution is 5.97. The fraction of sp³-hybridized carbons (Fsp3) is 0.130. The van der Waals surface area contributed by atoms with Crippen molar-refractivity contribution in [1.29, 1.82) is 0 Å². The van der Waals surface area contributed by atoms with Gasteiger partial charge in [-0.1, -0.05) is 48.0 Å². The van der Waals surface area contributed by atoms with E-state index in [1.807, 2.05) is 16.8 Å². The van der Waals surface area contributed by atoms with Gasteiger partial charge in [-0.2, -0.15) is 5.10 Å². The number of hydrogen-bond donors (Lipinski definition) is 1. The summed E-state index contributed by atoms with van der Waals surface area (Å²) in [5.74, 6) is -0.512. The van der Waals surface area contributed by atoms with E-state index in [0.29, 0.717) is 12.1 Å². The van der Waals surface area contributed by atoms with Crippen molar-refractivity contribution >= 4 is 16.8 Å². The molecule has 0 radical (unpaired) electrons. The van der Waals surface area contributed by atoms with Crippen LogP contribution in [0.4, 0.5) is 4.39 Å². The summed E-state index contributed by atoms with van der Waals surface area (Å²) in [6.45, 7) is 2.97. The Morgan fingerprint density at radius 3 is 2.64 bits per heavy atom. The largest absolute Gasteiger partial charge is 0.348 e. The number of carbonyl (C=O) groups is 1. The number of amides is 1. The van der Waals surface area contributed by atoms with Gasteiger partial charge >= 0.3 is 0 Å². The topological polar surface area (TPSA) is 46.9 Å². The molecule has 4 rings (SSSR count). The van der Waals surface area contributed by atoms with Gasteiger partial charge in [-0.25, -0.2) is 4.39 Å². The second-order valence-electron chi connectivity index (χ2n) is 6.87. The van der Waals surface area contributed by atoms with Crippen LogP contribution in [0.3, 0.4) is 0 Å². The van der Waals surface area contributed by atoms with Crippen molar-refractivity contribution in [2.24, 2.45) is 0 Å². The minimum atomic E-state index is -0.312. The molecule has 4 aromatic rings. The molecule has 28 heavy (non-hydrogen) atoms. The summed E-state index contributed by atoms with van der Waals surface area (Å²) in [7, 11) is 0. The van der Waals surface area contributed by atoms with Crippen molar-refractivity contribution in [1.82, 2.24) is 15.1 Å². The minimum Gasteiger partial charge on any atom is -0.348 e. The van der Waals surface area contributed by atoms with Crippen LogP contribution in [0.5, 0.6) is 0 Å². The molecule has 0 spiro atoms. The molecule has 1 heterocycles. The number of aryl methyl sites for hydroxylation is 1. The third kappa shape index (κ3) is 3.93. The summed E-state index contributed by atoms with van der Waals surface area (Å²) < 4.78 is 15.2. The van der Waals surface area contributed by atoms with E-state index in [1.54, 1.807) is 24.4 Å². The predicted octanol–water partition coefficient (Wildman–Crippen LogP) is 4.46. The van der Waals surface area contributed by atoms with Crippen LogP contribution in [-0.2, 0) is 13.1 Å². The standard InChI is InChI=1S/C23H20FN3O/c1-16-5-7-17(8-6-16)15-27-22-12-19(9-10-20(22)14-26-27)23(28)25-13-18-3-2-4-21(24)11-18/h2-12,14H,13,15H2,1H3,(H,25,28). The number of halogens is 1. The normalized spacial score (nSPS) is 10.9. The van der Waals surface area contributed by atoms with E-state index in [-0.39, 0.29) is 18.3 Å². The molecule has 0 atom stereocenters. The van der Waals surface area contributed by atoms with Crippen LogP contribution in [0.15, 0.2) is 72.9 Å². The quantitative estimate of drug-likeness (QED) is 0.561. The molecular weight excluding hydrogens is 353 g/mol. The molecule has 4 nitrogen and oxygen atoms in total. The van der Waals surface area contributed by atoms with Crippen LogP contribution in [0, 0.1) is 12.7 Å². The average Bonchev–Trinajstić information content (AvgIpc) is 3.10. The molecule has 0 aliphatic heterocycles. The molecule has 1 amide bonds. The van der Waals surface area contributed by atoms with Crippen molar-refractivity contribution in [2.45, 2.75) is 20.0 Å². The number of hydrogen-bond acceptors (Lipinski definition) is 2. The monoisotopic (exact) mass is 373 g/mol. The van der Waals surface area contributed by atoms with Gasteiger partial charge in [0.2, 0.25) is 0 Å². The maximum absolute atomic E-state index is 13.3. The van der Waals surface area contributed by atoms with E-state index < -0.39 is 0 Å². The van der Waals surface area contributed by atoms with Crippen LogP contribution >= 0.6 is 0 Å². The lowest BCUT2D eigenvalue weighted by Gasteiger charge is -2.08. The lowest BCUT2D eigenvalue weighted by Crippen LogP contribution is -2.22. The van der Waals surface area contributed by atoms with E-state index in [1.165, 1.54) is 17.7 Å². The van der Waals surface area contributed by atoms with Gasteiger partial charge in [0.1, 0.15) is 5.82 Å². The number of aromatic nitrogens is 2. The van der Waals surface area contributed by atoms with Gasteiger partial charge in [0.25, 0.3) is 5.91 Å². The van der Waals surface area contributed by atoms with Crippen molar-refractivity contribution in [2.75, 3.05) is 0 Å². The number of fused-ring (bicyclic) bond motifs is 1. The second-order valence-corrected chi connectivity index (χ2v) is 6.87. The fourth-order valence-corrected chi connectivity index (χ4v) is 3.14. The number of rotatable bonds is 5. The first-order valence-electron chi connectivity index (χ1n) is 9.12. The van der Waals surface area contributed by atoms with E-state index in [9.17, 15) is 9.18 Å². The molecular formula is C23H20FN3O.